The van der Waals surface area contributed by atoms with Crippen LogP contribution in [0.2, 0.25) is 0 Å². The molecular formula is C16H16N6O2S. The van der Waals surface area contributed by atoms with Crippen molar-refractivity contribution in [3.05, 3.63) is 54.4 Å². The fraction of sp³-hybridized carbons (Fsp3) is 0.188. The lowest BCUT2D eigenvalue weighted by Crippen LogP contribution is -2.42. The number of benzene rings is 1. The zero-order valence-electron chi connectivity index (χ0n) is 13.4. The molecule has 0 fully saturated rings. The first-order valence-corrected chi connectivity index (χ1v) is 8.46. The zero-order valence-corrected chi connectivity index (χ0v) is 14.2. The van der Waals surface area contributed by atoms with Gasteiger partial charge in [0, 0.05) is 18.9 Å². The molecule has 2 heterocycles. The maximum Gasteiger partial charge on any atom is 0.321 e. The molecule has 2 aromatic heterocycles. The van der Waals surface area contributed by atoms with Gasteiger partial charge in [-0.2, -0.15) is 4.98 Å². The highest BCUT2D eigenvalue weighted by atomic mass is 32.2. The van der Waals surface area contributed by atoms with Crippen LogP contribution in [0.25, 0.3) is 5.78 Å². The Morgan fingerprint density at radius 2 is 2.04 bits per heavy atom. The third-order valence-electron chi connectivity index (χ3n) is 3.28. The summed E-state index contributed by atoms with van der Waals surface area (Å²) in [5.41, 5.74) is 0.953. The minimum atomic E-state index is -0.536. The molecule has 2 N–H and O–H groups in total. The molecule has 128 valence electrons. The standard InChI is InChI=1S/C16H16N6O2S/c1-11(25-16-20-14-17-8-5-9-22(14)21-16)13(23)19-15(24)18-10-12-6-3-2-4-7-12/h2-9,11H,10H2,1H3,(H2,18,19,23,24)/t11-/m1/s1. The largest absolute Gasteiger partial charge is 0.334 e. The molecule has 25 heavy (non-hydrogen) atoms. The van der Waals surface area contributed by atoms with Crippen LogP contribution >= 0.6 is 11.8 Å². The zero-order chi connectivity index (χ0) is 17.6. The number of hydrogen-bond acceptors (Lipinski definition) is 6. The number of fused-ring (bicyclic) bond motifs is 1. The highest BCUT2D eigenvalue weighted by molar-refractivity contribution is 8.00. The molecular weight excluding hydrogens is 340 g/mol. The van der Waals surface area contributed by atoms with Crippen LogP contribution < -0.4 is 10.6 Å². The Bertz CT molecular complexity index is 849. The molecule has 3 aromatic rings. The lowest BCUT2D eigenvalue weighted by Gasteiger charge is -2.10. The lowest BCUT2D eigenvalue weighted by molar-refractivity contribution is -0.119. The second-order valence-corrected chi connectivity index (χ2v) is 6.48. The van der Waals surface area contributed by atoms with Gasteiger partial charge in [-0.15, -0.1) is 5.10 Å². The van der Waals surface area contributed by atoms with Gasteiger partial charge in [-0.3, -0.25) is 10.1 Å². The maximum atomic E-state index is 12.1. The van der Waals surface area contributed by atoms with E-state index >= 15 is 0 Å². The van der Waals surface area contributed by atoms with Crippen LogP contribution in [0.3, 0.4) is 0 Å². The monoisotopic (exact) mass is 356 g/mol. The van der Waals surface area contributed by atoms with Crippen molar-refractivity contribution in [3.63, 3.8) is 0 Å². The van der Waals surface area contributed by atoms with Gasteiger partial charge in [0.2, 0.25) is 11.1 Å². The predicted octanol–water partition coefficient (Wildman–Crippen LogP) is 1.63. The molecule has 0 aliphatic carbocycles. The van der Waals surface area contributed by atoms with E-state index in [1.807, 2.05) is 30.3 Å². The van der Waals surface area contributed by atoms with Gasteiger partial charge in [-0.25, -0.2) is 14.3 Å². The van der Waals surface area contributed by atoms with Crippen molar-refractivity contribution in [2.45, 2.75) is 23.9 Å². The minimum Gasteiger partial charge on any atom is -0.334 e. The number of thioether (sulfide) groups is 1. The third kappa shape index (κ3) is 4.54. The summed E-state index contributed by atoms with van der Waals surface area (Å²) in [7, 11) is 0. The van der Waals surface area contributed by atoms with E-state index in [0.29, 0.717) is 17.5 Å². The second-order valence-electron chi connectivity index (χ2n) is 5.18. The summed E-state index contributed by atoms with van der Waals surface area (Å²) in [5, 5.41) is 9.07. The average Bonchev–Trinajstić information content (AvgIpc) is 3.03. The van der Waals surface area contributed by atoms with Gasteiger partial charge in [0.15, 0.2) is 0 Å². The molecule has 9 heteroatoms. The Balaban J connectivity index is 1.50. The molecule has 0 aliphatic rings. The van der Waals surface area contributed by atoms with Crippen LogP contribution in [0.5, 0.6) is 0 Å². The number of nitrogens with one attached hydrogen (secondary N) is 2. The Kier molecular flexibility index (Phi) is 5.24. The molecule has 1 aromatic carbocycles. The summed E-state index contributed by atoms with van der Waals surface area (Å²) >= 11 is 1.16. The van der Waals surface area contributed by atoms with Crippen LogP contribution in [0.15, 0.2) is 53.9 Å². The van der Waals surface area contributed by atoms with Crippen LogP contribution in [0.1, 0.15) is 12.5 Å². The highest BCUT2D eigenvalue weighted by Gasteiger charge is 2.19. The molecule has 3 rings (SSSR count). The minimum absolute atomic E-state index is 0.348. The van der Waals surface area contributed by atoms with E-state index in [1.165, 1.54) is 4.52 Å². The number of carbonyl (C=O) groups excluding carboxylic acids is 2. The predicted molar refractivity (Wildman–Crippen MR) is 92.9 cm³/mol. The summed E-state index contributed by atoms with van der Waals surface area (Å²) in [5.74, 6) is 0.0422. The summed E-state index contributed by atoms with van der Waals surface area (Å²) in [4.78, 5) is 32.2. The van der Waals surface area contributed by atoms with E-state index in [-0.39, 0.29) is 0 Å². The fourth-order valence-electron chi connectivity index (χ4n) is 2.01. The van der Waals surface area contributed by atoms with Crippen molar-refractivity contribution < 1.29 is 9.59 Å². The number of carbonyl (C=O) groups is 2. The summed E-state index contributed by atoms with van der Waals surface area (Å²) in [6, 6.07) is 10.7. The molecule has 1 atom stereocenters. The van der Waals surface area contributed by atoms with Crippen molar-refractivity contribution in [1.82, 2.24) is 30.2 Å². The quantitative estimate of drug-likeness (QED) is 0.674. The number of amides is 3. The Labute approximate surface area is 148 Å². The van der Waals surface area contributed by atoms with Crippen molar-refractivity contribution in [2.24, 2.45) is 0 Å². The van der Waals surface area contributed by atoms with Gasteiger partial charge < -0.3 is 5.32 Å². The van der Waals surface area contributed by atoms with Gasteiger partial charge >= 0.3 is 6.03 Å². The summed E-state index contributed by atoms with van der Waals surface area (Å²) in [6.45, 7) is 2.03. The number of nitrogens with zero attached hydrogens (tertiary/aromatic N) is 4. The number of urea groups is 1. The van der Waals surface area contributed by atoms with Gasteiger partial charge in [-0.1, -0.05) is 42.1 Å². The van der Waals surface area contributed by atoms with Crippen LogP contribution in [0.4, 0.5) is 4.79 Å². The van der Waals surface area contributed by atoms with Crippen molar-refractivity contribution >= 4 is 29.5 Å². The SMILES string of the molecule is C[C@@H](Sc1nc2ncccn2n1)C(=O)NC(=O)NCc1ccccc1. The van der Waals surface area contributed by atoms with Gasteiger partial charge in [0.05, 0.1) is 5.25 Å². The normalized spacial score (nSPS) is 11.9. The summed E-state index contributed by atoms with van der Waals surface area (Å²) in [6.07, 6.45) is 3.34. The van der Waals surface area contributed by atoms with E-state index in [4.69, 9.17) is 0 Å². The molecule has 0 unspecified atom stereocenters. The molecule has 0 spiro atoms. The maximum absolute atomic E-state index is 12.1. The lowest BCUT2D eigenvalue weighted by atomic mass is 10.2. The molecule has 0 bridgehead atoms. The molecule has 0 saturated heterocycles. The van der Waals surface area contributed by atoms with Gasteiger partial charge in [0.1, 0.15) is 0 Å². The van der Waals surface area contributed by atoms with Crippen LogP contribution in [-0.4, -0.2) is 36.8 Å². The Hall–Kier alpha value is -2.94. The van der Waals surface area contributed by atoms with E-state index in [2.05, 4.69) is 25.7 Å². The summed E-state index contributed by atoms with van der Waals surface area (Å²) < 4.78 is 1.53. The number of aromatic nitrogens is 4. The second kappa shape index (κ2) is 7.75. The first-order chi connectivity index (χ1) is 12.1. The first-order valence-electron chi connectivity index (χ1n) is 7.58. The average molecular weight is 356 g/mol. The fourth-order valence-corrected chi connectivity index (χ4v) is 2.76. The van der Waals surface area contributed by atoms with Gasteiger partial charge in [-0.05, 0) is 18.6 Å². The number of rotatable bonds is 5. The third-order valence-corrected chi connectivity index (χ3v) is 4.23. The molecule has 0 radical (unpaired) electrons. The smallest absolute Gasteiger partial charge is 0.321 e. The van der Waals surface area contributed by atoms with Crippen molar-refractivity contribution in [1.29, 1.82) is 0 Å². The van der Waals surface area contributed by atoms with Crippen LogP contribution in [0, 0.1) is 0 Å². The molecule has 8 nitrogen and oxygen atoms in total. The van der Waals surface area contributed by atoms with Crippen LogP contribution in [-0.2, 0) is 11.3 Å². The Morgan fingerprint density at radius 1 is 1.24 bits per heavy atom. The van der Waals surface area contributed by atoms with Crippen molar-refractivity contribution in [3.8, 4) is 0 Å². The van der Waals surface area contributed by atoms with Gasteiger partial charge in [0.25, 0.3) is 5.78 Å². The molecule has 0 saturated carbocycles. The topological polar surface area (TPSA) is 101 Å². The van der Waals surface area contributed by atoms with E-state index in [9.17, 15) is 9.59 Å². The Morgan fingerprint density at radius 3 is 2.80 bits per heavy atom. The van der Waals surface area contributed by atoms with E-state index in [1.54, 1.807) is 25.4 Å². The molecule has 0 aliphatic heterocycles. The number of hydrogen-bond donors (Lipinski definition) is 2. The first kappa shape index (κ1) is 16.9. The highest BCUT2D eigenvalue weighted by Crippen LogP contribution is 2.19. The number of imide groups is 1. The van der Waals surface area contributed by atoms with E-state index < -0.39 is 17.2 Å². The van der Waals surface area contributed by atoms with Crippen molar-refractivity contribution in [2.75, 3.05) is 0 Å². The van der Waals surface area contributed by atoms with E-state index in [0.717, 1.165) is 17.3 Å². The molecule has 3 amide bonds.